The van der Waals surface area contributed by atoms with Crippen LogP contribution in [0, 0.1) is 13.8 Å². The van der Waals surface area contributed by atoms with Crippen molar-refractivity contribution in [2.45, 2.75) is 46.2 Å². The van der Waals surface area contributed by atoms with Crippen LogP contribution >= 0.6 is 11.6 Å². The molecule has 0 bridgehead atoms. The van der Waals surface area contributed by atoms with E-state index in [1.807, 2.05) is 87.5 Å². The van der Waals surface area contributed by atoms with Crippen molar-refractivity contribution in [1.29, 1.82) is 0 Å². The predicted octanol–water partition coefficient (Wildman–Crippen LogP) is 5.28. The van der Waals surface area contributed by atoms with E-state index in [9.17, 15) is 9.59 Å². The van der Waals surface area contributed by atoms with Gasteiger partial charge in [-0.15, -0.1) is 0 Å². The molecule has 5 heteroatoms. The third kappa shape index (κ3) is 7.19. The molecule has 2 amide bonds. The molecule has 0 saturated carbocycles. The molecular weight excluding hydrogens is 432 g/mol. The topological polar surface area (TPSA) is 49.4 Å². The summed E-state index contributed by atoms with van der Waals surface area (Å²) in [7, 11) is 0. The number of benzene rings is 3. The Morgan fingerprint density at radius 3 is 2.12 bits per heavy atom. The summed E-state index contributed by atoms with van der Waals surface area (Å²) in [6.07, 6.45) is 0.680. The van der Waals surface area contributed by atoms with Gasteiger partial charge >= 0.3 is 0 Å². The van der Waals surface area contributed by atoms with Gasteiger partial charge in [-0.3, -0.25) is 9.59 Å². The molecular formula is C28H31ClN2O2. The van der Waals surface area contributed by atoms with Crippen LogP contribution in [-0.4, -0.2) is 29.3 Å². The lowest BCUT2D eigenvalue weighted by molar-refractivity contribution is -0.140. The lowest BCUT2D eigenvalue weighted by atomic mass is 10.0. The largest absolute Gasteiger partial charge is 0.355 e. The van der Waals surface area contributed by atoms with E-state index in [-0.39, 0.29) is 18.2 Å². The SMILES string of the molecule is CCNC(=O)[C@H](Cc1ccccc1)N(Cc1ccc(Cl)cc1)C(=O)Cc1cc(C)cc(C)c1. The van der Waals surface area contributed by atoms with Crippen molar-refractivity contribution in [1.82, 2.24) is 10.2 Å². The molecule has 0 aliphatic rings. The lowest BCUT2D eigenvalue weighted by Crippen LogP contribution is -2.50. The summed E-state index contributed by atoms with van der Waals surface area (Å²) in [6, 6.07) is 22.8. The highest BCUT2D eigenvalue weighted by Crippen LogP contribution is 2.19. The zero-order valence-corrected chi connectivity index (χ0v) is 20.2. The first kappa shape index (κ1) is 24.5. The summed E-state index contributed by atoms with van der Waals surface area (Å²) < 4.78 is 0. The standard InChI is InChI=1S/C28H31ClN2O2/c1-4-30-28(33)26(17-22-8-6-5-7-9-22)31(19-23-10-12-25(29)13-11-23)27(32)18-24-15-20(2)14-21(3)16-24/h5-16,26H,4,17-19H2,1-3H3,(H,30,33)/t26-/m0/s1. The molecule has 0 fully saturated rings. The zero-order chi connectivity index (χ0) is 23.8. The molecule has 172 valence electrons. The Labute approximate surface area is 201 Å². The van der Waals surface area contributed by atoms with Gasteiger partial charge in [0.25, 0.3) is 0 Å². The molecule has 0 radical (unpaired) electrons. The van der Waals surface area contributed by atoms with Crippen LogP contribution < -0.4 is 5.32 Å². The van der Waals surface area contributed by atoms with Crippen LogP contribution in [0.15, 0.2) is 72.8 Å². The number of nitrogens with one attached hydrogen (secondary N) is 1. The smallest absolute Gasteiger partial charge is 0.243 e. The maximum Gasteiger partial charge on any atom is 0.243 e. The summed E-state index contributed by atoms with van der Waals surface area (Å²) in [4.78, 5) is 28.5. The van der Waals surface area contributed by atoms with E-state index in [4.69, 9.17) is 11.6 Å². The molecule has 3 aromatic carbocycles. The molecule has 1 N–H and O–H groups in total. The van der Waals surface area contributed by atoms with Crippen molar-refractivity contribution in [3.63, 3.8) is 0 Å². The molecule has 0 aliphatic carbocycles. The summed E-state index contributed by atoms with van der Waals surface area (Å²) in [5.74, 6) is -0.230. The van der Waals surface area contributed by atoms with Gasteiger partial charge in [-0.1, -0.05) is 83.4 Å². The van der Waals surface area contributed by atoms with E-state index in [1.165, 1.54) is 0 Å². The summed E-state index contributed by atoms with van der Waals surface area (Å²) in [6.45, 7) is 6.77. The average Bonchev–Trinajstić information content (AvgIpc) is 2.77. The number of hydrogen-bond donors (Lipinski definition) is 1. The molecule has 0 unspecified atom stereocenters. The third-order valence-corrected chi connectivity index (χ3v) is 5.78. The molecule has 0 aromatic heterocycles. The van der Waals surface area contributed by atoms with Gasteiger partial charge in [-0.2, -0.15) is 0 Å². The Hall–Kier alpha value is -3.11. The van der Waals surface area contributed by atoms with Gasteiger partial charge in [0.15, 0.2) is 0 Å². The monoisotopic (exact) mass is 462 g/mol. The van der Waals surface area contributed by atoms with E-state index in [1.54, 1.807) is 4.90 Å². The van der Waals surface area contributed by atoms with Crippen LogP contribution in [0.5, 0.6) is 0 Å². The molecule has 0 aliphatic heterocycles. The molecule has 1 atom stereocenters. The van der Waals surface area contributed by atoms with Crippen LogP contribution in [0.25, 0.3) is 0 Å². The molecule has 0 saturated heterocycles. The van der Waals surface area contributed by atoms with Gasteiger partial charge in [0.1, 0.15) is 6.04 Å². The Morgan fingerprint density at radius 1 is 0.879 bits per heavy atom. The van der Waals surface area contributed by atoms with Gasteiger partial charge < -0.3 is 10.2 Å². The van der Waals surface area contributed by atoms with Crippen molar-refractivity contribution in [2.75, 3.05) is 6.54 Å². The second-order valence-corrected chi connectivity index (χ2v) is 8.86. The normalized spacial score (nSPS) is 11.6. The fourth-order valence-electron chi connectivity index (χ4n) is 4.08. The maximum atomic E-state index is 13.7. The number of carbonyl (C=O) groups is 2. The van der Waals surface area contributed by atoms with Gasteiger partial charge in [0, 0.05) is 24.5 Å². The quantitative estimate of drug-likeness (QED) is 0.470. The highest BCUT2D eigenvalue weighted by Gasteiger charge is 2.30. The highest BCUT2D eigenvalue weighted by molar-refractivity contribution is 6.30. The van der Waals surface area contributed by atoms with Crippen molar-refractivity contribution in [3.05, 3.63) is 106 Å². The molecule has 0 heterocycles. The molecule has 33 heavy (non-hydrogen) atoms. The molecule has 3 aromatic rings. The van der Waals surface area contributed by atoms with Gasteiger partial charge in [0.05, 0.1) is 6.42 Å². The first-order valence-electron chi connectivity index (χ1n) is 11.3. The summed E-state index contributed by atoms with van der Waals surface area (Å²) >= 11 is 6.06. The Bertz CT molecular complexity index is 1060. The fourth-order valence-corrected chi connectivity index (χ4v) is 4.21. The predicted molar refractivity (Wildman–Crippen MR) is 134 cm³/mol. The zero-order valence-electron chi connectivity index (χ0n) is 19.5. The van der Waals surface area contributed by atoms with E-state index in [2.05, 4.69) is 11.4 Å². The van der Waals surface area contributed by atoms with Gasteiger partial charge in [-0.05, 0) is 49.6 Å². The minimum absolute atomic E-state index is 0.0814. The van der Waals surface area contributed by atoms with Crippen LogP contribution in [-0.2, 0) is 29.0 Å². The Balaban J connectivity index is 1.96. The third-order valence-electron chi connectivity index (χ3n) is 5.53. The number of aryl methyl sites for hydroxylation is 2. The van der Waals surface area contributed by atoms with Crippen LogP contribution in [0.3, 0.4) is 0 Å². The lowest BCUT2D eigenvalue weighted by Gasteiger charge is -2.31. The van der Waals surface area contributed by atoms with E-state index < -0.39 is 6.04 Å². The van der Waals surface area contributed by atoms with Crippen molar-refractivity contribution >= 4 is 23.4 Å². The fraction of sp³-hybridized carbons (Fsp3) is 0.286. The van der Waals surface area contributed by atoms with Crippen molar-refractivity contribution in [2.24, 2.45) is 0 Å². The first-order chi connectivity index (χ1) is 15.9. The number of amides is 2. The van der Waals surface area contributed by atoms with Gasteiger partial charge in [-0.25, -0.2) is 0 Å². The number of likely N-dealkylation sites (N-methyl/N-ethyl adjacent to an activating group) is 1. The van der Waals surface area contributed by atoms with E-state index >= 15 is 0 Å². The van der Waals surface area contributed by atoms with Crippen LogP contribution in [0.4, 0.5) is 0 Å². The van der Waals surface area contributed by atoms with E-state index in [0.29, 0.717) is 24.5 Å². The number of hydrogen-bond acceptors (Lipinski definition) is 2. The Morgan fingerprint density at radius 2 is 1.52 bits per heavy atom. The molecule has 0 spiro atoms. The maximum absolute atomic E-state index is 13.7. The first-order valence-corrected chi connectivity index (χ1v) is 11.7. The second-order valence-electron chi connectivity index (χ2n) is 8.42. The Kier molecular flexibility index (Phi) is 8.67. The van der Waals surface area contributed by atoms with E-state index in [0.717, 1.165) is 27.8 Å². The highest BCUT2D eigenvalue weighted by atomic mass is 35.5. The number of nitrogens with zero attached hydrogens (tertiary/aromatic N) is 1. The summed E-state index contributed by atoms with van der Waals surface area (Å²) in [5, 5.41) is 3.56. The second kappa shape index (κ2) is 11.7. The minimum atomic E-state index is -0.624. The number of carbonyl (C=O) groups excluding carboxylic acids is 2. The van der Waals surface area contributed by atoms with Crippen LogP contribution in [0.1, 0.15) is 34.7 Å². The number of rotatable bonds is 9. The average molecular weight is 463 g/mol. The number of halogens is 1. The van der Waals surface area contributed by atoms with Crippen molar-refractivity contribution < 1.29 is 9.59 Å². The molecule has 4 nitrogen and oxygen atoms in total. The summed E-state index contributed by atoms with van der Waals surface area (Å²) in [5.41, 5.74) is 5.12. The minimum Gasteiger partial charge on any atom is -0.355 e. The molecule has 3 rings (SSSR count). The van der Waals surface area contributed by atoms with Crippen LogP contribution in [0.2, 0.25) is 5.02 Å². The van der Waals surface area contributed by atoms with Gasteiger partial charge in [0.2, 0.25) is 11.8 Å². The van der Waals surface area contributed by atoms with Crippen molar-refractivity contribution in [3.8, 4) is 0 Å².